The van der Waals surface area contributed by atoms with E-state index in [4.69, 9.17) is 5.73 Å². The number of amides is 8. The molecule has 2 fully saturated rings. The number of rotatable bonds is 28. The molecule has 82 heavy (non-hydrogen) atoms. The van der Waals surface area contributed by atoms with Gasteiger partial charge in [-0.15, -0.1) is 0 Å². The SMILES string of the molecule is CC[C@H](C)[C@H](N)C(=O)N[C@H](C(=O)N[C@@H](CC(C)C)C(=O)N[C@H](C(=O)N1CCC[C@H]1C(=O)N1CCC[C@H]1C(=O)N[C@@H](Cc1c[nH]c2ccccc12)C(=O)N[C@@H](Cc1c[nH]c2ccccc12)C(=O)N[C@@H](CC(C)C)C(=O)O)C(C)C)[C@@H](C)CC. The fraction of sp³-hybridized carbons (Fsp3) is 0.590. The summed E-state index contributed by atoms with van der Waals surface area (Å²) in [4.78, 5) is 137. The first-order valence-corrected chi connectivity index (χ1v) is 29.5. The van der Waals surface area contributed by atoms with Crippen LogP contribution in [0.4, 0.5) is 0 Å². The molecule has 2 aromatic heterocycles. The van der Waals surface area contributed by atoms with Crippen molar-refractivity contribution in [2.24, 2.45) is 35.3 Å². The van der Waals surface area contributed by atoms with Gasteiger partial charge in [-0.2, -0.15) is 0 Å². The number of para-hydroxylation sites is 2. The van der Waals surface area contributed by atoms with E-state index in [1.807, 2.05) is 104 Å². The topological polar surface area (TPSA) is 310 Å². The number of nitrogens with two attached hydrogens (primary N) is 1. The second-order valence-corrected chi connectivity index (χ2v) is 23.9. The molecule has 11 N–H and O–H groups in total. The van der Waals surface area contributed by atoms with Crippen molar-refractivity contribution in [3.8, 4) is 0 Å². The minimum atomic E-state index is -1.29. The molecule has 0 spiro atoms. The summed E-state index contributed by atoms with van der Waals surface area (Å²) in [5, 5.41) is 28.8. The summed E-state index contributed by atoms with van der Waals surface area (Å²) >= 11 is 0. The third-order valence-electron chi connectivity index (χ3n) is 16.4. The smallest absolute Gasteiger partial charge is 0.326 e. The first-order valence-electron chi connectivity index (χ1n) is 29.5. The number of nitrogens with zero attached hydrogens (tertiary/aromatic N) is 2. The molecule has 2 aliphatic rings. The maximum absolute atomic E-state index is 14.9. The quantitative estimate of drug-likeness (QED) is 0.0376. The van der Waals surface area contributed by atoms with Crippen molar-refractivity contribution in [2.75, 3.05) is 13.1 Å². The van der Waals surface area contributed by atoms with Crippen LogP contribution in [0, 0.1) is 29.6 Å². The summed E-state index contributed by atoms with van der Waals surface area (Å²) < 4.78 is 0. The van der Waals surface area contributed by atoms with Gasteiger partial charge in [0.25, 0.3) is 0 Å². The van der Waals surface area contributed by atoms with E-state index in [2.05, 4.69) is 41.9 Å². The van der Waals surface area contributed by atoms with Gasteiger partial charge < -0.3 is 62.5 Å². The van der Waals surface area contributed by atoms with Crippen molar-refractivity contribution in [3.63, 3.8) is 0 Å². The molecule has 2 aliphatic heterocycles. The predicted molar refractivity (Wildman–Crippen MR) is 313 cm³/mol. The highest BCUT2D eigenvalue weighted by Crippen LogP contribution is 2.28. The Kier molecular flexibility index (Phi) is 22.7. The Morgan fingerprint density at radius 3 is 1.55 bits per heavy atom. The van der Waals surface area contributed by atoms with E-state index in [0.29, 0.717) is 43.2 Å². The molecule has 0 radical (unpaired) electrons. The zero-order valence-corrected chi connectivity index (χ0v) is 49.4. The number of likely N-dealkylation sites (tertiary alicyclic amines) is 2. The lowest BCUT2D eigenvalue weighted by Crippen LogP contribution is -2.61. The van der Waals surface area contributed by atoms with Crippen molar-refractivity contribution in [2.45, 2.75) is 188 Å². The molecule has 2 saturated heterocycles. The summed E-state index contributed by atoms with van der Waals surface area (Å²) in [6, 6.07) is 5.16. The zero-order chi connectivity index (χ0) is 60.1. The van der Waals surface area contributed by atoms with Crippen LogP contribution < -0.4 is 37.6 Å². The molecular formula is C61H89N11O10. The van der Waals surface area contributed by atoms with Crippen molar-refractivity contribution < 1.29 is 48.3 Å². The lowest BCUT2D eigenvalue weighted by molar-refractivity contribution is -0.148. The molecule has 2 aromatic carbocycles. The van der Waals surface area contributed by atoms with Crippen LogP contribution in [0.25, 0.3) is 21.8 Å². The van der Waals surface area contributed by atoms with E-state index in [-0.39, 0.29) is 68.9 Å². The number of carboxylic acid groups (broad SMARTS) is 1. The third kappa shape index (κ3) is 16.0. The number of aliphatic carboxylic acids is 1. The van der Waals surface area contributed by atoms with Crippen LogP contribution in [-0.4, -0.2) is 146 Å². The predicted octanol–water partition coefficient (Wildman–Crippen LogP) is 4.58. The summed E-state index contributed by atoms with van der Waals surface area (Å²) in [5.41, 5.74) is 9.23. The van der Waals surface area contributed by atoms with Gasteiger partial charge in [-0.3, -0.25) is 38.4 Å². The second-order valence-electron chi connectivity index (χ2n) is 23.9. The first-order chi connectivity index (χ1) is 38.9. The zero-order valence-electron chi connectivity index (χ0n) is 49.4. The Morgan fingerprint density at radius 1 is 0.561 bits per heavy atom. The minimum absolute atomic E-state index is 0.0182. The first kappa shape index (κ1) is 63.9. The number of carboxylic acids is 1. The molecular weight excluding hydrogens is 1050 g/mol. The maximum Gasteiger partial charge on any atom is 0.326 e. The second kappa shape index (κ2) is 29.1. The van der Waals surface area contributed by atoms with Crippen molar-refractivity contribution in [3.05, 3.63) is 72.1 Å². The number of hydrogen-bond donors (Lipinski definition) is 10. The van der Waals surface area contributed by atoms with Gasteiger partial charge in [0.1, 0.15) is 48.3 Å². The van der Waals surface area contributed by atoms with Crippen molar-refractivity contribution in [1.29, 1.82) is 0 Å². The Bertz CT molecular complexity index is 2900. The van der Waals surface area contributed by atoms with Crippen LogP contribution >= 0.6 is 0 Å². The average molecular weight is 1140 g/mol. The maximum atomic E-state index is 14.9. The van der Waals surface area contributed by atoms with Crippen LogP contribution in [0.1, 0.15) is 132 Å². The van der Waals surface area contributed by atoms with Crippen LogP contribution in [0.3, 0.4) is 0 Å². The van der Waals surface area contributed by atoms with Crippen LogP contribution in [-0.2, 0) is 56.0 Å². The number of H-pyrrole nitrogens is 2. The van der Waals surface area contributed by atoms with E-state index >= 15 is 0 Å². The summed E-state index contributed by atoms with van der Waals surface area (Å²) in [5.74, 6) is -6.81. The Labute approximate surface area is 481 Å². The number of benzene rings is 2. The summed E-state index contributed by atoms with van der Waals surface area (Å²) in [6.07, 6.45) is 6.53. The van der Waals surface area contributed by atoms with Gasteiger partial charge in [0.15, 0.2) is 0 Å². The van der Waals surface area contributed by atoms with E-state index in [1.165, 1.54) is 9.80 Å². The summed E-state index contributed by atoms with van der Waals surface area (Å²) in [6.45, 7) is 19.0. The van der Waals surface area contributed by atoms with Gasteiger partial charge in [-0.05, 0) is 91.4 Å². The van der Waals surface area contributed by atoms with Crippen LogP contribution in [0.5, 0.6) is 0 Å². The molecule has 0 aliphatic carbocycles. The van der Waals surface area contributed by atoms with Gasteiger partial charge in [0.05, 0.1) is 6.04 Å². The van der Waals surface area contributed by atoms with Crippen molar-refractivity contribution in [1.82, 2.24) is 51.7 Å². The normalized spacial score (nSPS) is 18.8. The molecule has 448 valence electrons. The van der Waals surface area contributed by atoms with E-state index in [0.717, 1.165) is 21.8 Å². The lowest BCUT2D eigenvalue weighted by Gasteiger charge is -2.35. The van der Waals surface area contributed by atoms with E-state index in [1.54, 1.807) is 26.2 Å². The molecule has 0 bridgehead atoms. The van der Waals surface area contributed by atoms with Gasteiger partial charge in [0.2, 0.25) is 47.3 Å². The number of aromatic nitrogens is 2. The molecule has 0 unspecified atom stereocenters. The molecule has 8 amide bonds. The number of fused-ring (bicyclic) bond motifs is 2. The Morgan fingerprint density at radius 2 is 1.02 bits per heavy atom. The molecule has 0 saturated carbocycles. The molecule has 4 aromatic rings. The largest absolute Gasteiger partial charge is 0.480 e. The van der Waals surface area contributed by atoms with Gasteiger partial charge >= 0.3 is 5.97 Å². The Balaban J connectivity index is 1.21. The molecule has 4 heterocycles. The third-order valence-corrected chi connectivity index (χ3v) is 16.4. The van der Waals surface area contributed by atoms with Crippen LogP contribution in [0.15, 0.2) is 60.9 Å². The van der Waals surface area contributed by atoms with Crippen molar-refractivity contribution >= 4 is 75.0 Å². The fourth-order valence-electron chi connectivity index (χ4n) is 11.1. The van der Waals surface area contributed by atoms with E-state index < -0.39 is 114 Å². The van der Waals surface area contributed by atoms with E-state index in [9.17, 15) is 48.3 Å². The standard InChI is InChI=1S/C61H89N11O10/c1-11-36(9)50(62)57(77)70-52(37(10)12-2)58(78)67-44(27-33(3)4)55(75)69-51(35(7)8)60(80)72-26-18-24-49(72)59(79)71-25-17-23-48(71)56(76)66-46(30-39-32-64-43-22-16-14-20-41(39)43)53(73)65-45(54(74)68-47(61(81)82)28-34(5)6)29-38-31-63-42-21-15-13-19-40(38)42/h13-16,19-22,31-37,44-52,63-64H,11-12,17-18,23-30,62H2,1-10H3,(H,65,73)(H,66,76)(H,67,78)(H,68,74)(H,69,75)(H,70,77)(H,81,82)/t36-,37-,44-,45-,46-,47-,48-,49-,50-,51-,52-/m0/s1. The Hall–Kier alpha value is -7.29. The lowest BCUT2D eigenvalue weighted by atomic mass is 9.94. The number of carbonyl (C=O) groups excluding carboxylic acids is 8. The average Bonchev–Trinajstić information content (AvgIpc) is 4.39. The molecule has 11 atom stereocenters. The summed E-state index contributed by atoms with van der Waals surface area (Å²) in [7, 11) is 0. The molecule has 6 rings (SSSR count). The van der Waals surface area contributed by atoms with Crippen LogP contribution in [0.2, 0.25) is 0 Å². The highest BCUT2D eigenvalue weighted by Gasteiger charge is 2.45. The molecule has 21 heteroatoms. The highest BCUT2D eigenvalue weighted by molar-refractivity contribution is 5.99. The van der Waals surface area contributed by atoms with Gasteiger partial charge in [0, 0.05) is 60.1 Å². The number of nitrogens with one attached hydrogen (secondary N) is 8. The highest BCUT2D eigenvalue weighted by atomic mass is 16.4. The van der Waals surface area contributed by atoms with Gasteiger partial charge in [-0.25, -0.2) is 4.79 Å². The fourth-order valence-corrected chi connectivity index (χ4v) is 11.1. The monoisotopic (exact) mass is 1140 g/mol. The van der Waals surface area contributed by atoms with Gasteiger partial charge in [-0.1, -0.05) is 118 Å². The number of aromatic amines is 2. The number of hydrogen-bond acceptors (Lipinski definition) is 10. The minimum Gasteiger partial charge on any atom is -0.480 e. The number of carbonyl (C=O) groups is 9. The molecule has 21 nitrogen and oxygen atoms in total.